The van der Waals surface area contributed by atoms with Gasteiger partial charge in [-0.25, -0.2) is 0 Å². The molecule has 2 saturated carbocycles. The summed E-state index contributed by atoms with van der Waals surface area (Å²) < 4.78 is 11.4. The molecule has 3 heteroatoms. The first-order chi connectivity index (χ1) is 12.4. The topological polar surface area (TPSA) is 35.5 Å². The lowest BCUT2D eigenvalue weighted by atomic mass is 10.1. The van der Waals surface area contributed by atoms with Crippen molar-refractivity contribution in [3.8, 4) is 5.75 Å². The van der Waals surface area contributed by atoms with Gasteiger partial charge >= 0.3 is 5.97 Å². The van der Waals surface area contributed by atoms with Crippen molar-refractivity contribution < 1.29 is 14.3 Å². The van der Waals surface area contributed by atoms with Gasteiger partial charge in [-0.15, -0.1) is 0 Å². The van der Waals surface area contributed by atoms with E-state index in [1.54, 1.807) is 0 Å². The summed E-state index contributed by atoms with van der Waals surface area (Å²) in [5, 5.41) is 0. The second-order valence-corrected chi connectivity index (χ2v) is 8.62. The number of benzene rings is 2. The molecule has 2 aliphatic carbocycles. The number of esters is 1. The standard InChI is InChI=1S/C23H26O3/c1-22(2,3)26-21(24)20-14-23(20)13-19(23)17-9-11-18(12-10-17)25-15-16-7-5-4-6-8-16/h4-12,19-20H,13-15H2,1-3H3/t19-,20?,23+/m0/s1. The Bertz CT molecular complexity index is 788. The molecule has 3 nitrogen and oxygen atoms in total. The molecule has 136 valence electrons. The Balaban J connectivity index is 1.32. The summed E-state index contributed by atoms with van der Waals surface area (Å²) in [6.45, 7) is 6.36. The number of carbonyl (C=O) groups excluding carboxylic acids is 1. The van der Waals surface area contributed by atoms with Crippen LogP contribution in [0.25, 0.3) is 0 Å². The second kappa shape index (κ2) is 6.15. The van der Waals surface area contributed by atoms with Crippen molar-refractivity contribution in [2.75, 3.05) is 0 Å². The van der Waals surface area contributed by atoms with E-state index < -0.39 is 5.60 Å². The zero-order chi connectivity index (χ0) is 18.4. The van der Waals surface area contributed by atoms with Gasteiger partial charge in [0.05, 0.1) is 5.92 Å². The Hall–Kier alpha value is -2.29. The number of hydrogen-bond donors (Lipinski definition) is 0. The Morgan fingerprint density at radius 3 is 2.38 bits per heavy atom. The van der Waals surface area contributed by atoms with Crippen LogP contribution in [0.1, 0.15) is 50.7 Å². The van der Waals surface area contributed by atoms with Crippen LogP contribution in [0.4, 0.5) is 0 Å². The van der Waals surface area contributed by atoms with E-state index in [1.165, 1.54) is 5.56 Å². The molecule has 2 aromatic rings. The number of ether oxygens (including phenoxy) is 2. The molecule has 0 aliphatic heterocycles. The summed E-state index contributed by atoms with van der Waals surface area (Å²) in [6, 6.07) is 18.5. The van der Waals surface area contributed by atoms with Crippen LogP contribution in [0.2, 0.25) is 0 Å². The molecule has 0 amide bonds. The van der Waals surface area contributed by atoms with Crippen LogP contribution in [0, 0.1) is 11.3 Å². The van der Waals surface area contributed by atoms with Gasteiger partial charge in [-0.2, -0.15) is 0 Å². The zero-order valence-corrected chi connectivity index (χ0v) is 15.7. The van der Waals surface area contributed by atoms with E-state index >= 15 is 0 Å². The largest absolute Gasteiger partial charge is 0.489 e. The molecule has 0 radical (unpaired) electrons. The molecule has 0 aromatic heterocycles. The fourth-order valence-electron chi connectivity index (χ4n) is 3.93. The number of rotatable bonds is 5. The molecule has 1 unspecified atom stereocenters. The maximum absolute atomic E-state index is 12.3. The lowest BCUT2D eigenvalue weighted by Gasteiger charge is -2.19. The van der Waals surface area contributed by atoms with Crippen LogP contribution in [0.3, 0.4) is 0 Å². The van der Waals surface area contributed by atoms with Crippen molar-refractivity contribution in [3.05, 3.63) is 65.7 Å². The van der Waals surface area contributed by atoms with Crippen molar-refractivity contribution in [1.82, 2.24) is 0 Å². The maximum Gasteiger partial charge on any atom is 0.310 e. The van der Waals surface area contributed by atoms with E-state index in [0.29, 0.717) is 12.5 Å². The first kappa shape index (κ1) is 17.1. The Kier molecular flexibility index (Phi) is 4.06. The summed E-state index contributed by atoms with van der Waals surface area (Å²) >= 11 is 0. The minimum absolute atomic E-state index is 0.0252. The summed E-state index contributed by atoms with van der Waals surface area (Å²) in [6.07, 6.45) is 2.07. The molecule has 1 spiro atoms. The van der Waals surface area contributed by atoms with Crippen LogP contribution in [-0.4, -0.2) is 11.6 Å². The first-order valence-electron chi connectivity index (χ1n) is 9.37. The minimum atomic E-state index is -0.400. The molecule has 0 bridgehead atoms. The zero-order valence-electron chi connectivity index (χ0n) is 15.7. The van der Waals surface area contributed by atoms with Gasteiger partial charge in [0.2, 0.25) is 0 Å². The van der Waals surface area contributed by atoms with E-state index in [9.17, 15) is 4.79 Å². The molecule has 26 heavy (non-hydrogen) atoms. The van der Waals surface area contributed by atoms with Gasteiger partial charge in [-0.3, -0.25) is 4.79 Å². The third-order valence-corrected chi connectivity index (χ3v) is 5.46. The van der Waals surface area contributed by atoms with E-state index in [0.717, 1.165) is 24.2 Å². The predicted octanol–water partition coefficient (Wildman–Crippen LogP) is 5.10. The van der Waals surface area contributed by atoms with Gasteiger partial charge in [0.1, 0.15) is 18.0 Å². The Labute approximate surface area is 155 Å². The third kappa shape index (κ3) is 3.48. The van der Waals surface area contributed by atoms with Crippen molar-refractivity contribution in [2.24, 2.45) is 11.3 Å². The molecular weight excluding hydrogens is 324 g/mol. The molecule has 3 atom stereocenters. The van der Waals surface area contributed by atoms with Gasteiger partial charge in [-0.05, 0) is 68.2 Å². The molecule has 4 rings (SSSR count). The second-order valence-electron chi connectivity index (χ2n) is 8.62. The van der Waals surface area contributed by atoms with Gasteiger partial charge in [0, 0.05) is 0 Å². The van der Waals surface area contributed by atoms with Crippen molar-refractivity contribution >= 4 is 5.97 Å². The minimum Gasteiger partial charge on any atom is -0.489 e. The fraction of sp³-hybridized carbons (Fsp3) is 0.435. The summed E-state index contributed by atoms with van der Waals surface area (Å²) in [5.74, 6) is 1.43. The van der Waals surface area contributed by atoms with E-state index in [2.05, 4.69) is 24.3 Å². The van der Waals surface area contributed by atoms with Crippen molar-refractivity contribution in [2.45, 2.75) is 51.7 Å². The van der Waals surface area contributed by atoms with Crippen LogP contribution >= 0.6 is 0 Å². The highest BCUT2D eigenvalue weighted by atomic mass is 16.6. The Morgan fingerprint density at radius 2 is 1.73 bits per heavy atom. The predicted molar refractivity (Wildman–Crippen MR) is 101 cm³/mol. The normalized spacial score (nSPS) is 26.4. The Morgan fingerprint density at radius 1 is 1.04 bits per heavy atom. The molecule has 2 aliphatic rings. The molecule has 0 N–H and O–H groups in total. The van der Waals surface area contributed by atoms with E-state index in [-0.39, 0.29) is 17.3 Å². The SMILES string of the molecule is CC(C)(C)OC(=O)C1C[C@@]12C[C@H]2c1ccc(OCc2ccccc2)cc1. The highest BCUT2D eigenvalue weighted by Gasteiger charge is 2.73. The number of hydrogen-bond acceptors (Lipinski definition) is 3. The summed E-state index contributed by atoms with van der Waals surface area (Å²) in [5.41, 5.74) is 2.25. The molecule has 0 saturated heterocycles. The number of carbonyl (C=O) groups is 1. The van der Waals surface area contributed by atoms with Crippen LogP contribution in [0.15, 0.2) is 54.6 Å². The van der Waals surface area contributed by atoms with E-state index in [4.69, 9.17) is 9.47 Å². The van der Waals surface area contributed by atoms with E-state index in [1.807, 2.05) is 51.1 Å². The summed E-state index contributed by atoms with van der Waals surface area (Å²) in [4.78, 5) is 12.3. The average Bonchev–Trinajstić information content (AvgIpc) is 3.51. The first-order valence-corrected chi connectivity index (χ1v) is 9.37. The van der Waals surface area contributed by atoms with Crippen molar-refractivity contribution in [1.29, 1.82) is 0 Å². The van der Waals surface area contributed by atoms with Gasteiger partial charge in [0.15, 0.2) is 0 Å². The fourth-order valence-corrected chi connectivity index (χ4v) is 3.93. The quantitative estimate of drug-likeness (QED) is 0.704. The maximum atomic E-state index is 12.3. The third-order valence-electron chi connectivity index (χ3n) is 5.46. The van der Waals surface area contributed by atoms with Crippen LogP contribution in [0.5, 0.6) is 5.75 Å². The lowest BCUT2D eigenvalue weighted by molar-refractivity contribution is -0.157. The molecule has 2 aromatic carbocycles. The van der Waals surface area contributed by atoms with Crippen molar-refractivity contribution in [3.63, 3.8) is 0 Å². The monoisotopic (exact) mass is 350 g/mol. The smallest absolute Gasteiger partial charge is 0.310 e. The lowest BCUT2D eigenvalue weighted by Crippen LogP contribution is -2.25. The highest BCUT2D eigenvalue weighted by molar-refractivity contribution is 5.79. The summed E-state index contributed by atoms with van der Waals surface area (Å²) in [7, 11) is 0. The van der Waals surface area contributed by atoms with Gasteiger partial charge in [0.25, 0.3) is 0 Å². The van der Waals surface area contributed by atoms with Gasteiger partial charge < -0.3 is 9.47 Å². The van der Waals surface area contributed by atoms with Crippen LogP contribution in [-0.2, 0) is 16.1 Å². The van der Waals surface area contributed by atoms with Gasteiger partial charge in [-0.1, -0.05) is 42.5 Å². The molecule has 2 fully saturated rings. The highest BCUT2D eigenvalue weighted by Crippen LogP contribution is 2.78. The average molecular weight is 350 g/mol. The molecule has 0 heterocycles. The van der Waals surface area contributed by atoms with Crippen LogP contribution < -0.4 is 4.74 Å². The molecular formula is C23H26O3.